The van der Waals surface area contributed by atoms with Crippen LogP contribution in [0, 0.1) is 17.8 Å². The first-order chi connectivity index (χ1) is 23.8. The number of likely N-dealkylation sites (tertiary alicyclic amines) is 1. The van der Waals surface area contributed by atoms with Crippen molar-refractivity contribution < 1.29 is 23.9 Å². The van der Waals surface area contributed by atoms with Crippen molar-refractivity contribution in [3.8, 4) is 11.3 Å². The van der Waals surface area contributed by atoms with Crippen molar-refractivity contribution in [2.24, 2.45) is 10.8 Å². The van der Waals surface area contributed by atoms with E-state index >= 15 is 0 Å². The Kier molecular flexibility index (Phi) is 8.75. The molecule has 1 saturated carbocycles. The number of hydrogen-bond donors (Lipinski definition) is 2. The third-order valence-electron chi connectivity index (χ3n) is 10.1. The van der Waals surface area contributed by atoms with Crippen LogP contribution in [0.3, 0.4) is 0 Å². The van der Waals surface area contributed by atoms with E-state index in [1.165, 1.54) is 11.6 Å². The normalized spacial score (nSPS) is 23.5. The Hall–Kier alpha value is -4.63. The smallest absolute Gasteiger partial charge is 0.248 e. The molecule has 14 nitrogen and oxygen atoms in total. The number of anilines is 1. The molecule has 260 valence electrons. The third kappa shape index (κ3) is 6.39. The Bertz CT molecular complexity index is 2030. The fourth-order valence-electron chi connectivity index (χ4n) is 7.11. The molecule has 15 heteroatoms. The highest BCUT2D eigenvalue weighted by molar-refractivity contribution is 9.10. The van der Waals surface area contributed by atoms with Gasteiger partial charge in [-0.1, -0.05) is 19.9 Å². The summed E-state index contributed by atoms with van der Waals surface area (Å²) in [4.78, 5) is 73.6. The van der Waals surface area contributed by atoms with E-state index in [0.717, 1.165) is 0 Å². The molecule has 4 aromatic heterocycles. The maximum atomic E-state index is 14.3. The molecule has 7 rings (SSSR count). The van der Waals surface area contributed by atoms with Crippen LogP contribution in [-0.2, 0) is 32.3 Å². The van der Waals surface area contributed by atoms with Gasteiger partial charge in [-0.3, -0.25) is 28.8 Å². The van der Waals surface area contributed by atoms with Crippen LogP contribution in [0.5, 0.6) is 0 Å². The molecule has 3 aliphatic rings. The van der Waals surface area contributed by atoms with Crippen molar-refractivity contribution in [2.75, 3.05) is 18.5 Å². The van der Waals surface area contributed by atoms with E-state index in [0.29, 0.717) is 82.8 Å². The average molecular weight is 745 g/mol. The quantitative estimate of drug-likeness (QED) is 0.230. The number of carbonyl (C=O) groups is 4. The molecular weight excluding hydrogens is 706 g/mol. The van der Waals surface area contributed by atoms with Crippen LogP contribution >= 0.6 is 15.9 Å². The van der Waals surface area contributed by atoms with Gasteiger partial charge in [0.05, 0.1) is 24.0 Å². The van der Waals surface area contributed by atoms with Crippen molar-refractivity contribution in [1.82, 2.24) is 39.9 Å². The van der Waals surface area contributed by atoms with Gasteiger partial charge >= 0.3 is 0 Å². The molecule has 1 aliphatic carbocycles. The lowest BCUT2D eigenvalue weighted by Crippen LogP contribution is -2.47. The van der Waals surface area contributed by atoms with Gasteiger partial charge in [-0.2, -0.15) is 5.10 Å². The maximum absolute atomic E-state index is 14.3. The second-order valence-electron chi connectivity index (χ2n) is 14.1. The molecule has 3 amide bonds. The minimum atomic E-state index is -0.825. The van der Waals surface area contributed by atoms with Gasteiger partial charge < -0.3 is 20.3 Å². The van der Waals surface area contributed by atoms with Crippen molar-refractivity contribution >= 4 is 56.2 Å². The minimum absolute atomic E-state index is 0.0707. The van der Waals surface area contributed by atoms with E-state index in [9.17, 15) is 19.2 Å². The molecule has 1 spiro atoms. The number of aryl methyl sites for hydroxylation is 1. The number of aromatic nitrogens is 6. The van der Waals surface area contributed by atoms with Crippen LogP contribution in [-0.4, -0.2) is 83.4 Å². The number of fused-ring (bicyclic) bond motifs is 3. The molecule has 2 N–H and O–H groups in total. The number of pyridine rings is 2. The first-order valence-corrected chi connectivity index (χ1v) is 17.4. The average Bonchev–Trinajstić information content (AvgIpc) is 3.50. The lowest BCUT2D eigenvalue weighted by molar-refractivity contribution is -0.138. The van der Waals surface area contributed by atoms with E-state index in [1.54, 1.807) is 42.5 Å². The highest BCUT2D eigenvalue weighted by Crippen LogP contribution is 2.59. The van der Waals surface area contributed by atoms with Gasteiger partial charge in [-0.25, -0.2) is 15.0 Å². The Morgan fingerprint density at radius 2 is 1.88 bits per heavy atom. The summed E-state index contributed by atoms with van der Waals surface area (Å²) in [5.74, 6) is -0.0625. The van der Waals surface area contributed by atoms with E-state index in [4.69, 9.17) is 4.74 Å². The molecule has 0 radical (unpaired) electrons. The first-order valence-electron chi connectivity index (χ1n) is 16.7. The van der Waals surface area contributed by atoms with E-state index < -0.39 is 16.9 Å². The zero-order chi connectivity index (χ0) is 35.4. The van der Waals surface area contributed by atoms with Crippen LogP contribution in [0.1, 0.15) is 68.3 Å². The molecule has 4 aromatic rings. The SMILES string of the molecule is CC(=O)c1nn(CC(=O)N2C3C[C@@]34CNC(=O)C(C)(C)CCCOCc3ccc(Br)nc3NC(=O)[C@@H]2C4)c2cnc(-c3cnc(C)nc3)cc12. The molecule has 2 fully saturated rings. The summed E-state index contributed by atoms with van der Waals surface area (Å²) < 4.78 is 7.94. The van der Waals surface area contributed by atoms with Gasteiger partial charge in [0, 0.05) is 65.9 Å². The molecule has 50 heavy (non-hydrogen) atoms. The highest BCUT2D eigenvalue weighted by Gasteiger charge is 2.67. The van der Waals surface area contributed by atoms with Crippen LogP contribution < -0.4 is 10.6 Å². The van der Waals surface area contributed by atoms with Gasteiger partial charge in [0.15, 0.2) is 5.78 Å². The van der Waals surface area contributed by atoms with E-state index in [1.807, 2.05) is 19.9 Å². The topological polar surface area (TPSA) is 174 Å². The minimum Gasteiger partial charge on any atom is -0.377 e. The summed E-state index contributed by atoms with van der Waals surface area (Å²) in [6, 6.07) is 4.29. The summed E-state index contributed by atoms with van der Waals surface area (Å²) in [6.07, 6.45) is 7.26. The molecule has 3 atom stereocenters. The summed E-state index contributed by atoms with van der Waals surface area (Å²) in [5.41, 5.74) is 1.59. The number of nitrogens with one attached hydrogen (secondary N) is 2. The predicted molar refractivity (Wildman–Crippen MR) is 186 cm³/mol. The van der Waals surface area contributed by atoms with Crippen molar-refractivity contribution in [3.63, 3.8) is 0 Å². The Balaban J connectivity index is 1.21. The van der Waals surface area contributed by atoms with Crippen molar-refractivity contribution in [1.29, 1.82) is 0 Å². The van der Waals surface area contributed by atoms with Crippen molar-refractivity contribution in [3.05, 3.63) is 58.5 Å². The molecule has 1 saturated heterocycles. The zero-order valence-electron chi connectivity index (χ0n) is 28.3. The van der Waals surface area contributed by atoms with E-state index in [-0.39, 0.29) is 48.4 Å². The zero-order valence-corrected chi connectivity index (χ0v) is 29.9. The maximum Gasteiger partial charge on any atom is 0.248 e. The summed E-state index contributed by atoms with van der Waals surface area (Å²) in [7, 11) is 0. The predicted octanol–water partition coefficient (Wildman–Crippen LogP) is 4.01. The fraction of sp³-hybridized carbons (Fsp3) is 0.457. The van der Waals surface area contributed by atoms with Crippen LogP contribution in [0.4, 0.5) is 5.82 Å². The van der Waals surface area contributed by atoms with Crippen LogP contribution in [0.25, 0.3) is 22.2 Å². The number of hydrogen-bond acceptors (Lipinski definition) is 10. The van der Waals surface area contributed by atoms with Gasteiger partial charge in [0.25, 0.3) is 0 Å². The number of halogens is 1. The summed E-state index contributed by atoms with van der Waals surface area (Å²) in [5, 5.41) is 11.2. The molecule has 0 aromatic carbocycles. The number of nitrogens with zero attached hydrogens (tertiary/aromatic N) is 7. The largest absolute Gasteiger partial charge is 0.377 e. The Morgan fingerprint density at radius 1 is 1.10 bits per heavy atom. The summed E-state index contributed by atoms with van der Waals surface area (Å²) >= 11 is 3.41. The van der Waals surface area contributed by atoms with Gasteiger partial charge in [-0.05, 0) is 60.7 Å². The van der Waals surface area contributed by atoms with Crippen molar-refractivity contribution in [2.45, 2.75) is 78.6 Å². The van der Waals surface area contributed by atoms with Crippen LogP contribution in [0.15, 0.2) is 41.4 Å². The molecule has 6 heterocycles. The molecule has 1 unspecified atom stereocenters. The molecule has 2 bridgehead atoms. The van der Waals surface area contributed by atoms with Gasteiger partial charge in [0.1, 0.15) is 34.5 Å². The first kappa shape index (κ1) is 33.8. The Labute approximate surface area is 296 Å². The molecule has 2 aliphatic heterocycles. The van der Waals surface area contributed by atoms with Gasteiger partial charge in [0.2, 0.25) is 17.7 Å². The van der Waals surface area contributed by atoms with Gasteiger partial charge in [-0.15, -0.1) is 0 Å². The monoisotopic (exact) mass is 743 g/mol. The van der Waals surface area contributed by atoms with Crippen LogP contribution in [0.2, 0.25) is 0 Å². The highest BCUT2D eigenvalue weighted by atomic mass is 79.9. The van der Waals surface area contributed by atoms with E-state index in [2.05, 4.69) is 51.6 Å². The number of carbonyl (C=O) groups excluding carboxylic acids is 4. The fourth-order valence-corrected chi connectivity index (χ4v) is 7.42. The Morgan fingerprint density at radius 3 is 2.64 bits per heavy atom. The lowest BCUT2D eigenvalue weighted by Gasteiger charge is -2.27. The number of ketones is 1. The molecular formula is C35H38BrN9O5. The number of piperidine rings is 1. The number of rotatable bonds is 4. The lowest BCUT2D eigenvalue weighted by atomic mass is 9.86. The number of ether oxygens (including phenoxy) is 1. The summed E-state index contributed by atoms with van der Waals surface area (Å²) in [6.45, 7) is 7.84. The second kappa shape index (κ2) is 12.9. The number of amides is 3. The third-order valence-corrected chi connectivity index (χ3v) is 10.5. The standard InChI is InChI=1S/C35H38BrN9O5/c1-19(46)30-23-10-24(22-13-37-20(2)38-14-22)39-15-26(23)44(43-30)16-29(47)45-25-11-35(12-27(35)45)18-40-33(49)34(3,4)8-5-9-50-17-21-6-7-28(36)41-31(21)42-32(25)48/h6-7,10,13-15,25,27H,5,8-9,11-12,16-18H2,1-4H3,(H,40,49)(H,41,42,48)/t25-,27?,35-/m0/s1. The second-order valence-corrected chi connectivity index (χ2v) is 14.9. The number of Topliss-reactive ketones (excluding diaryl/α,β-unsaturated/α-hetero) is 1.